The lowest BCUT2D eigenvalue weighted by Gasteiger charge is -2.27. The molecule has 2 saturated carbocycles. The molecule has 6 atom stereocenters. The molecule has 6 nitrogen and oxygen atoms in total. The number of halogens is 1. The lowest BCUT2D eigenvalue weighted by Crippen LogP contribution is -2.40. The van der Waals surface area contributed by atoms with Crippen molar-refractivity contribution in [1.82, 2.24) is 0 Å². The fourth-order valence-corrected chi connectivity index (χ4v) is 5.57. The summed E-state index contributed by atoms with van der Waals surface area (Å²) in [4.78, 5) is 36.9. The summed E-state index contributed by atoms with van der Waals surface area (Å²) in [6.07, 6.45) is 0.564. The first-order chi connectivity index (χ1) is 12.4. The molecule has 0 aromatic heterocycles. The molecular formula is C19H20BrNO5. The molecule has 7 heteroatoms. The molecule has 0 unspecified atom stereocenters. The number of ether oxygens (including phenoxy) is 2. The highest BCUT2D eigenvalue weighted by molar-refractivity contribution is 9.09. The van der Waals surface area contributed by atoms with Crippen molar-refractivity contribution in [2.75, 3.05) is 5.32 Å². The van der Waals surface area contributed by atoms with Gasteiger partial charge in [-0.15, -0.1) is 0 Å². The smallest absolute Gasteiger partial charge is 0.338 e. The van der Waals surface area contributed by atoms with Crippen LogP contribution in [0.4, 0.5) is 5.69 Å². The average Bonchev–Trinajstić information content (AvgIpc) is 3.19. The van der Waals surface area contributed by atoms with Crippen molar-refractivity contribution in [2.24, 2.45) is 23.7 Å². The highest BCUT2D eigenvalue weighted by Crippen LogP contribution is 2.60. The van der Waals surface area contributed by atoms with Crippen LogP contribution in [-0.2, 0) is 19.1 Å². The highest BCUT2D eigenvalue weighted by Gasteiger charge is 2.67. The van der Waals surface area contributed by atoms with Gasteiger partial charge < -0.3 is 14.8 Å². The molecular weight excluding hydrogens is 402 g/mol. The Kier molecular flexibility index (Phi) is 4.29. The Morgan fingerprint density at radius 2 is 1.92 bits per heavy atom. The molecule has 1 heterocycles. The summed E-state index contributed by atoms with van der Waals surface area (Å²) in [5, 5.41) is 2.88. The lowest BCUT2D eigenvalue weighted by atomic mass is 9.79. The number of carbonyl (C=O) groups is 3. The highest BCUT2D eigenvalue weighted by atomic mass is 79.9. The Hall–Kier alpha value is -1.89. The number of alkyl halides is 1. The van der Waals surface area contributed by atoms with Crippen molar-refractivity contribution in [1.29, 1.82) is 0 Å². The van der Waals surface area contributed by atoms with Gasteiger partial charge in [0.1, 0.15) is 6.10 Å². The first kappa shape index (κ1) is 17.5. The van der Waals surface area contributed by atoms with Crippen molar-refractivity contribution in [3.8, 4) is 0 Å². The number of esters is 2. The predicted molar refractivity (Wildman–Crippen MR) is 96.8 cm³/mol. The van der Waals surface area contributed by atoms with Gasteiger partial charge in [-0.05, 0) is 50.5 Å². The van der Waals surface area contributed by atoms with Crippen molar-refractivity contribution in [3.63, 3.8) is 0 Å². The number of fused-ring (bicyclic) bond motifs is 1. The maximum Gasteiger partial charge on any atom is 0.338 e. The summed E-state index contributed by atoms with van der Waals surface area (Å²) in [5.41, 5.74) is 1.02. The second kappa shape index (κ2) is 6.37. The molecule has 1 aliphatic heterocycles. The van der Waals surface area contributed by atoms with Gasteiger partial charge in [-0.2, -0.15) is 0 Å². The number of nitrogens with one attached hydrogen (secondary N) is 1. The Labute approximate surface area is 159 Å². The van der Waals surface area contributed by atoms with E-state index in [1.807, 2.05) is 0 Å². The standard InChI is InChI=1S/C19H20BrNO5/c1-8(2)25-18(23)9-3-5-10(6-4-9)21-17(22)13-11-7-12-14(13)19(24)26-16(12)15(11)20/h3-6,8,11-16H,7H2,1-2H3,(H,21,22)/t11-,12-,13-,14-,15-,16+/m1/s1. The minimum atomic E-state index is -0.396. The van der Waals surface area contributed by atoms with E-state index in [0.717, 1.165) is 6.42 Å². The molecule has 1 N–H and O–H groups in total. The van der Waals surface area contributed by atoms with Crippen LogP contribution < -0.4 is 5.32 Å². The normalized spacial score (nSPS) is 34.1. The Morgan fingerprint density at radius 3 is 2.58 bits per heavy atom. The van der Waals surface area contributed by atoms with E-state index in [1.165, 1.54) is 0 Å². The Bertz CT molecular complexity index is 762. The minimum Gasteiger partial charge on any atom is -0.461 e. The molecule has 1 amide bonds. The first-order valence-electron chi connectivity index (χ1n) is 8.83. The summed E-state index contributed by atoms with van der Waals surface area (Å²) in [6.45, 7) is 3.58. The van der Waals surface area contributed by atoms with Gasteiger partial charge in [-0.3, -0.25) is 9.59 Å². The molecule has 2 aliphatic carbocycles. The number of benzene rings is 1. The molecule has 0 spiro atoms. The molecule has 2 bridgehead atoms. The molecule has 0 radical (unpaired) electrons. The second-order valence-corrected chi connectivity index (χ2v) is 8.54. The topological polar surface area (TPSA) is 81.7 Å². The van der Waals surface area contributed by atoms with E-state index < -0.39 is 5.97 Å². The maximum absolute atomic E-state index is 12.8. The van der Waals surface area contributed by atoms with Crippen LogP contribution in [0.25, 0.3) is 0 Å². The van der Waals surface area contributed by atoms with Gasteiger partial charge in [0.25, 0.3) is 0 Å². The third-order valence-corrected chi connectivity index (χ3v) is 6.76. The number of hydrogen-bond donors (Lipinski definition) is 1. The second-order valence-electron chi connectivity index (χ2n) is 7.48. The summed E-state index contributed by atoms with van der Waals surface area (Å²) in [5.74, 6) is -1.27. The van der Waals surface area contributed by atoms with Crippen LogP contribution in [0, 0.1) is 23.7 Å². The fraction of sp³-hybridized carbons (Fsp3) is 0.526. The maximum atomic E-state index is 12.8. The third kappa shape index (κ3) is 2.73. The molecule has 3 aliphatic rings. The van der Waals surface area contributed by atoms with Crippen LogP contribution in [0.15, 0.2) is 24.3 Å². The van der Waals surface area contributed by atoms with E-state index in [1.54, 1.807) is 38.1 Å². The Balaban J connectivity index is 1.46. The third-order valence-electron chi connectivity index (χ3n) is 5.56. The van der Waals surface area contributed by atoms with Gasteiger partial charge in [0.05, 0.1) is 28.3 Å². The number of amides is 1. The quantitative estimate of drug-likeness (QED) is 0.596. The van der Waals surface area contributed by atoms with Crippen molar-refractivity contribution < 1.29 is 23.9 Å². The predicted octanol–water partition coefficient (Wildman–Crippen LogP) is 2.76. The average molecular weight is 422 g/mol. The van der Waals surface area contributed by atoms with E-state index in [4.69, 9.17) is 9.47 Å². The van der Waals surface area contributed by atoms with Crippen LogP contribution in [0.3, 0.4) is 0 Å². The number of carbonyl (C=O) groups excluding carboxylic acids is 3. The number of hydrogen-bond acceptors (Lipinski definition) is 5. The summed E-state index contributed by atoms with van der Waals surface area (Å²) < 4.78 is 10.6. The van der Waals surface area contributed by atoms with Gasteiger partial charge in [0.15, 0.2) is 0 Å². The number of anilines is 1. The van der Waals surface area contributed by atoms with Gasteiger partial charge in [-0.1, -0.05) is 15.9 Å². The molecule has 1 saturated heterocycles. The van der Waals surface area contributed by atoms with Crippen LogP contribution in [-0.4, -0.2) is 34.9 Å². The molecule has 4 rings (SSSR count). The zero-order valence-corrected chi connectivity index (χ0v) is 16.1. The zero-order valence-electron chi connectivity index (χ0n) is 14.5. The van der Waals surface area contributed by atoms with Crippen LogP contribution in [0.2, 0.25) is 0 Å². The number of rotatable bonds is 4. The van der Waals surface area contributed by atoms with E-state index in [2.05, 4.69) is 21.2 Å². The van der Waals surface area contributed by atoms with Crippen LogP contribution in [0.1, 0.15) is 30.6 Å². The Morgan fingerprint density at radius 1 is 1.23 bits per heavy atom. The van der Waals surface area contributed by atoms with Crippen LogP contribution >= 0.6 is 15.9 Å². The molecule has 3 fully saturated rings. The van der Waals surface area contributed by atoms with E-state index in [-0.39, 0.29) is 52.6 Å². The first-order valence-corrected chi connectivity index (χ1v) is 9.75. The molecule has 1 aromatic rings. The monoisotopic (exact) mass is 421 g/mol. The lowest BCUT2D eigenvalue weighted by molar-refractivity contribution is -0.145. The van der Waals surface area contributed by atoms with Gasteiger partial charge in [-0.25, -0.2) is 4.79 Å². The van der Waals surface area contributed by atoms with E-state index >= 15 is 0 Å². The van der Waals surface area contributed by atoms with Gasteiger partial charge in [0.2, 0.25) is 5.91 Å². The van der Waals surface area contributed by atoms with Crippen LogP contribution in [0.5, 0.6) is 0 Å². The summed E-state index contributed by atoms with van der Waals surface area (Å²) >= 11 is 3.61. The van der Waals surface area contributed by atoms with E-state index in [0.29, 0.717) is 11.3 Å². The van der Waals surface area contributed by atoms with Crippen molar-refractivity contribution >= 4 is 39.5 Å². The summed E-state index contributed by atoms with van der Waals surface area (Å²) in [7, 11) is 0. The SMILES string of the molecule is CC(C)OC(=O)c1ccc(NC(=O)[C@@H]2[C@H]3C[C@H]4[C@H](OC(=O)[C@H]42)[C@@H]3Br)cc1. The zero-order chi connectivity index (χ0) is 18.6. The van der Waals surface area contributed by atoms with Crippen molar-refractivity contribution in [2.45, 2.75) is 37.3 Å². The van der Waals surface area contributed by atoms with Crippen molar-refractivity contribution in [3.05, 3.63) is 29.8 Å². The van der Waals surface area contributed by atoms with Gasteiger partial charge in [0, 0.05) is 11.6 Å². The largest absolute Gasteiger partial charge is 0.461 e. The summed E-state index contributed by atoms with van der Waals surface area (Å²) in [6, 6.07) is 6.58. The van der Waals surface area contributed by atoms with Gasteiger partial charge >= 0.3 is 11.9 Å². The molecule has 26 heavy (non-hydrogen) atoms. The molecule has 138 valence electrons. The van der Waals surface area contributed by atoms with E-state index in [9.17, 15) is 14.4 Å². The minimum absolute atomic E-state index is 0.0409. The fourth-order valence-electron chi connectivity index (χ4n) is 4.53. The molecule has 1 aromatic carbocycles.